The van der Waals surface area contributed by atoms with Crippen molar-refractivity contribution in [1.82, 2.24) is 19.8 Å². The molecule has 1 aliphatic carbocycles. The molecule has 0 aromatic carbocycles. The highest BCUT2D eigenvalue weighted by Gasteiger charge is 2.36. The second-order valence-electron chi connectivity index (χ2n) is 6.45. The second-order valence-corrected chi connectivity index (χ2v) is 6.45. The van der Waals surface area contributed by atoms with E-state index in [0.717, 1.165) is 25.0 Å². The van der Waals surface area contributed by atoms with Gasteiger partial charge >= 0.3 is 0 Å². The normalized spacial score (nSPS) is 20.3. The predicted molar refractivity (Wildman–Crippen MR) is 84.6 cm³/mol. The summed E-state index contributed by atoms with van der Waals surface area (Å²) < 4.78 is 7.10. The first-order valence-electron chi connectivity index (χ1n) is 8.32. The number of carbonyl (C=O) groups excluding carboxylic acids is 2. The Kier molecular flexibility index (Phi) is 3.84. The minimum Gasteiger partial charge on any atom is -0.467 e. The van der Waals surface area contributed by atoms with Crippen LogP contribution in [0.25, 0.3) is 0 Å². The number of furan rings is 1. The fraction of sp³-hybridized carbons (Fsp3) is 0.471. The van der Waals surface area contributed by atoms with Gasteiger partial charge in [-0.15, -0.1) is 0 Å². The van der Waals surface area contributed by atoms with Gasteiger partial charge in [0.05, 0.1) is 37.9 Å². The van der Waals surface area contributed by atoms with E-state index in [2.05, 4.69) is 10.3 Å². The summed E-state index contributed by atoms with van der Waals surface area (Å²) in [5.74, 6) is 0.869. The third-order valence-electron chi connectivity index (χ3n) is 4.91. The average molecular weight is 328 g/mol. The number of carbonyl (C=O) groups is 2. The molecule has 0 radical (unpaired) electrons. The molecule has 2 aromatic rings. The van der Waals surface area contributed by atoms with E-state index in [9.17, 15) is 9.59 Å². The van der Waals surface area contributed by atoms with Gasteiger partial charge in [-0.3, -0.25) is 9.59 Å². The number of hydrogen-bond acceptors (Lipinski definition) is 4. The lowest BCUT2D eigenvalue weighted by Gasteiger charge is -2.37. The van der Waals surface area contributed by atoms with E-state index in [1.165, 1.54) is 0 Å². The van der Waals surface area contributed by atoms with Gasteiger partial charge in [-0.25, -0.2) is 4.98 Å². The third-order valence-corrected chi connectivity index (χ3v) is 4.91. The maximum Gasteiger partial charge on any atom is 0.245 e. The average Bonchev–Trinajstić information content (AvgIpc) is 3.20. The van der Waals surface area contributed by atoms with Crippen LogP contribution in [0.15, 0.2) is 35.3 Å². The molecule has 2 aliphatic rings. The largest absolute Gasteiger partial charge is 0.467 e. The summed E-state index contributed by atoms with van der Waals surface area (Å²) in [6, 6.07) is 3.15. The van der Waals surface area contributed by atoms with Crippen LogP contribution in [0.2, 0.25) is 0 Å². The van der Waals surface area contributed by atoms with Crippen LogP contribution in [0.1, 0.15) is 36.8 Å². The van der Waals surface area contributed by atoms with Crippen LogP contribution in [-0.4, -0.2) is 32.8 Å². The van der Waals surface area contributed by atoms with Crippen LogP contribution < -0.4 is 5.32 Å². The Labute approximate surface area is 139 Å². The van der Waals surface area contributed by atoms with Gasteiger partial charge in [0.2, 0.25) is 11.8 Å². The first-order chi connectivity index (χ1) is 11.7. The van der Waals surface area contributed by atoms with Crippen molar-refractivity contribution in [2.45, 2.75) is 38.4 Å². The second kappa shape index (κ2) is 6.14. The van der Waals surface area contributed by atoms with Crippen molar-refractivity contribution in [3.63, 3.8) is 0 Å². The molecule has 1 atom stereocenters. The van der Waals surface area contributed by atoms with Gasteiger partial charge in [-0.1, -0.05) is 6.42 Å². The van der Waals surface area contributed by atoms with Gasteiger partial charge in [-0.2, -0.15) is 0 Å². The molecule has 126 valence electrons. The molecule has 1 aliphatic heterocycles. The zero-order valence-corrected chi connectivity index (χ0v) is 13.4. The lowest BCUT2D eigenvalue weighted by Crippen LogP contribution is -2.48. The number of amides is 2. The van der Waals surface area contributed by atoms with Gasteiger partial charge in [0.15, 0.2) is 0 Å². The van der Waals surface area contributed by atoms with Crippen LogP contribution in [0.4, 0.5) is 0 Å². The number of nitrogens with zero attached hydrogens (tertiary/aromatic N) is 3. The molecule has 7 heteroatoms. The fourth-order valence-corrected chi connectivity index (χ4v) is 3.29. The summed E-state index contributed by atoms with van der Waals surface area (Å²) in [5, 5.41) is 2.88. The smallest absolute Gasteiger partial charge is 0.245 e. The third kappa shape index (κ3) is 2.70. The Morgan fingerprint density at radius 2 is 2.25 bits per heavy atom. The Morgan fingerprint density at radius 1 is 1.38 bits per heavy atom. The number of rotatable bonds is 4. The Balaban J connectivity index is 1.48. The number of aromatic nitrogens is 2. The van der Waals surface area contributed by atoms with Crippen LogP contribution in [-0.2, 0) is 22.7 Å². The van der Waals surface area contributed by atoms with Crippen LogP contribution in [0.3, 0.4) is 0 Å². The van der Waals surface area contributed by atoms with Gasteiger partial charge in [-0.05, 0) is 25.0 Å². The first-order valence-corrected chi connectivity index (χ1v) is 8.32. The Morgan fingerprint density at radius 3 is 2.96 bits per heavy atom. The fourth-order valence-electron chi connectivity index (χ4n) is 3.29. The number of nitrogens with one attached hydrogen (secondary N) is 1. The molecule has 1 unspecified atom stereocenters. The van der Waals surface area contributed by atoms with E-state index in [1.54, 1.807) is 29.8 Å². The van der Waals surface area contributed by atoms with Crippen molar-refractivity contribution in [3.8, 4) is 0 Å². The molecule has 3 heterocycles. The van der Waals surface area contributed by atoms with Crippen LogP contribution in [0.5, 0.6) is 0 Å². The lowest BCUT2D eigenvalue weighted by atomic mass is 9.84. The zero-order chi connectivity index (χ0) is 16.5. The molecular weight excluding hydrogens is 308 g/mol. The van der Waals surface area contributed by atoms with Crippen molar-refractivity contribution < 1.29 is 14.0 Å². The van der Waals surface area contributed by atoms with E-state index in [1.807, 2.05) is 10.6 Å². The Hall–Kier alpha value is -2.57. The molecule has 1 fully saturated rings. The zero-order valence-electron chi connectivity index (χ0n) is 13.4. The standard InChI is InChI=1S/C17H20N4O3/c22-16(19-8-14-5-2-6-24-14)15-10-20(17(23)12-3-1-4-12)9-13-7-18-11-21(13)15/h2,5-7,11-12,15H,1,3-4,8-10H2,(H,19,22). The topological polar surface area (TPSA) is 80.4 Å². The van der Waals surface area contributed by atoms with E-state index in [4.69, 9.17) is 4.42 Å². The maximum atomic E-state index is 12.6. The molecule has 0 spiro atoms. The highest BCUT2D eigenvalue weighted by Crippen LogP contribution is 2.31. The molecule has 0 saturated heterocycles. The minimum atomic E-state index is -0.449. The molecule has 1 saturated carbocycles. The first kappa shape index (κ1) is 15.0. The van der Waals surface area contributed by atoms with Crippen molar-refractivity contribution in [2.75, 3.05) is 6.54 Å². The molecule has 7 nitrogen and oxygen atoms in total. The van der Waals surface area contributed by atoms with E-state index in [-0.39, 0.29) is 17.7 Å². The maximum absolute atomic E-state index is 12.6. The minimum absolute atomic E-state index is 0.128. The summed E-state index contributed by atoms with van der Waals surface area (Å²) in [4.78, 5) is 31.2. The number of fused-ring (bicyclic) bond motifs is 1. The van der Waals surface area contributed by atoms with E-state index >= 15 is 0 Å². The molecule has 24 heavy (non-hydrogen) atoms. The Bertz CT molecular complexity index is 733. The van der Waals surface area contributed by atoms with E-state index in [0.29, 0.717) is 25.4 Å². The summed E-state index contributed by atoms with van der Waals surface area (Å²) in [5.41, 5.74) is 0.895. The van der Waals surface area contributed by atoms with Gasteiger partial charge in [0, 0.05) is 12.1 Å². The van der Waals surface area contributed by atoms with Crippen LogP contribution in [0, 0.1) is 5.92 Å². The van der Waals surface area contributed by atoms with Crippen LogP contribution >= 0.6 is 0 Å². The van der Waals surface area contributed by atoms with Gasteiger partial charge in [0.25, 0.3) is 0 Å². The summed E-state index contributed by atoms with van der Waals surface area (Å²) in [6.45, 7) is 1.25. The monoisotopic (exact) mass is 328 g/mol. The summed E-state index contributed by atoms with van der Waals surface area (Å²) >= 11 is 0. The van der Waals surface area contributed by atoms with Crippen molar-refractivity contribution in [2.24, 2.45) is 5.92 Å². The summed E-state index contributed by atoms with van der Waals surface area (Å²) in [7, 11) is 0. The van der Waals surface area contributed by atoms with Gasteiger partial charge in [0.1, 0.15) is 11.8 Å². The van der Waals surface area contributed by atoms with Crippen molar-refractivity contribution in [3.05, 3.63) is 42.4 Å². The van der Waals surface area contributed by atoms with Gasteiger partial charge < -0.3 is 19.2 Å². The van der Waals surface area contributed by atoms with Crippen molar-refractivity contribution >= 4 is 11.8 Å². The van der Waals surface area contributed by atoms with E-state index < -0.39 is 6.04 Å². The molecular formula is C17H20N4O3. The molecule has 2 amide bonds. The summed E-state index contributed by atoms with van der Waals surface area (Å²) in [6.07, 6.45) is 8.02. The number of hydrogen-bond donors (Lipinski definition) is 1. The molecule has 4 rings (SSSR count). The SMILES string of the molecule is O=C(NCc1ccco1)C1CN(C(=O)C2CCC2)Cc2cncn21. The predicted octanol–water partition coefficient (Wildman–Crippen LogP) is 1.48. The lowest BCUT2D eigenvalue weighted by molar-refractivity contribution is -0.141. The molecule has 2 aromatic heterocycles. The highest BCUT2D eigenvalue weighted by atomic mass is 16.3. The highest BCUT2D eigenvalue weighted by molar-refractivity contribution is 5.84. The quantitative estimate of drug-likeness (QED) is 0.922. The number of imidazole rings is 1. The van der Waals surface area contributed by atoms with Crippen molar-refractivity contribution in [1.29, 1.82) is 0 Å². The molecule has 1 N–H and O–H groups in total. The molecule has 0 bridgehead atoms.